The van der Waals surface area contributed by atoms with E-state index in [9.17, 15) is 8.78 Å². The molecule has 112 valence electrons. The van der Waals surface area contributed by atoms with Gasteiger partial charge in [-0.15, -0.1) is 0 Å². The minimum atomic E-state index is -0.594. The van der Waals surface area contributed by atoms with E-state index in [1.54, 1.807) is 18.2 Å². The van der Waals surface area contributed by atoms with E-state index in [2.05, 4.69) is 5.32 Å². The molecule has 0 spiro atoms. The fraction of sp³-hybridized carbons (Fsp3) is 0.250. The molecule has 0 radical (unpaired) electrons. The number of para-hydroxylation sites is 1. The SMILES string of the molecule is CC(C)Oc1cccc(NCc2ccc(F)cc2F)c1N. The first-order valence-corrected chi connectivity index (χ1v) is 6.70. The molecule has 2 aromatic rings. The lowest BCUT2D eigenvalue weighted by Gasteiger charge is -2.16. The molecule has 0 aliphatic carbocycles. The van der Waals surface area contributed by atoms with Gasteiger partial charge in [-0.2, -0.15) is 0 Å². The van der Waals surface area contributed by atoms with Crippen molar-refractivity contribution in [2.75, 3.05) is 11.1 Å². The summed E-state index contributed by atoms with van der Waals surface area (Å²) in [7, 11) is 0. The van der Waals surface area contributed by atoms with Crippen LogP contribution >= 0.6 is 0 Å². The van der Waals surface area contributed by atoms with Crippen LogP contribution in [0.1, 0.15) is 19.4 Å². The van der Waals surface area contributed by atoms with Crippen molar-refractivity contribution in [1.82, 2.24) is 0 Å². The molecule has 0 amide bonds. The predicted molar refractivity (Wildman–Crippen MR) is 80.3 cm³/mol. The van der Waals surface area contributed by atoms with E-state index < -0.39 is 11.6 Å². The highest BCUT2D eigenvalue weighted by Crippen LogP contribution is 2.30. The number of nitrogens with one attached hydrogen (secondary N) is 1. The average Bonchev–Trinajstić information content (AvgIpc) is 2.41. The molecule has 0 atom stereocenters. The van der Waals surface area contributed by atoms with E-state index in [0.29, 0.717) is 22.7 Å². The summed E-state index contributed by atoms with van der Waals surface area (Å²) in [5.41, 5.74) is 7.50. The molecule has 0 saturated carbocycles. The van der Waals surface area contributed by atoms with Gasteiger partial charge in [-0.05, 0) is 32.0 Å². The summed E-state index contributed by atoms with van der Waals surface area (Å²) < 4.78 is 32.0. The summed E-state index contributed by atoms with van der Waals surface area (Å²) in [4.78, 5) is 0. The Balaban J connectivity index is 2.13. The number of anilines is 2. The topological polar surface area (TPSA) is 47.3 Å². The van der Waals surface area contributed by atoms with Crippen molar-refractivity contribution in [3.05, 3.63) is 53.6 Å². The lowest BCUT2D eigenvalue weighted by Crippen LogP contribution is -2.09. The normalized spacial score (nSPS) is 10.7. The molecule has 3 N–H and O–H groups in total. The predicted octanol–water partition coefficient (Wildman–Crippen LogP) is 3.95. The lowest BCUT2D eigenvalue weighted by atomic mass is 10.2. The second-order valence-electron chi connectivity index (χ2n) is 4.97. The molecule has 3 nitrogen and oxygen atoms in total. The van der Waals surface area contributed by atoms with E-state index in [1.807, 2.05) is 13.8 Å². The molecule has 0 heterocycles. The minimum Gasteiger partial charge on any atom is -0.489 e. The number of hydrogen-bond donors (Lipinski definition) is 2. The maximum atomic E-state index is 13.6. The second kappa shape index (κ2) is 6.43. The van der Waals surface area contributed by atoms with Gasteiger partial charge in [-0.3, -0.25) is 0 Å². The van der Waals surface area contributed by atoms with Gasteiger partial charge in [0.2, 0.25) is 0 Å². The Morgan fingerprint density at radius 3 is 2.62 bits per heavy atom. The summed E-state index contributed by atoms with van der Waals surface area (Å²) in [6.07, 6.45) is 0.0112. The molecule has 0 fully saturated rings. The van der Waals surface area contributed by atoms with Gasteiger partial charge >= 0.3 is 0 Å². The van der Waals surface area contributed by atoms with Gasteiger partial charge in [0.1, 0.15) is 17.4 Å². The fourth-order valence-electron chi connectivity index (χ4n) is 1.91. The lowest BCUT2D eigenvalue weighted by molar-refractivity contribution is 0.244. The first-order chi connectivity index (χ1) is 9.97. The number of nitrogen functional groups attached to an aromatic ring is 1. The highest BCUT2D eigenvalue weighted by Gasteiger charge is 2.09. The Labute approximate surface area is 122 Å². The molecule has 0 aromatic heterocycles. The van der Waals surface area contributed by atoms with Gasteiger partial charge in [-0.25, -0.2) is 8.78 Å². The zero-order valence-electron chi connectivity index (χ0n) is 12.0. The molecule has 2 rings (SSSR count). The summed E-state index contributed by atoms with van der Waals surface area (Å²) in [6, 6.07) is 8.85. The summed E-state index contributed by atoms with van der Waals surface area (Å²) in [5, 5.41) is 3.04. The number of benzene rings is 2. The Hall–Kier alpha value is -2.30. The van der Waals surface area contributed by atoms with Crippen molar-refractivity contribution >= 4 is 11.4 Å². The summed E-state index contributed by atoms with van der Waals surface area (Å²) in [6.45, 7) is 4.03. The van der Waals surface area contributed by atoms with Crippen LogP contribution in [0.25, 0.3) is 0 Å². The largest absolute Gasteiger partial charge is 0.489 e. The highest BCUT2D eigenvalue weighted by molar-refractivity contribution is 5.73. The van der Waals surface area contributed by atoms with Crippen LogP contribution in [0.4, 0.5) is 20.2 Å². The molecule has 5 heteroatoms. The van der Waals surface area contributed by atoms with Gasteiger partial charge < -0.3 is 15.8 Å². The van der Waals surface area contributed by atoms with Gasteiger partial charge in [0.25, 0.3) is 0 Å². The van der Waals surface area contributed by atoms with Crippen LogP contribution < -0.4 is 15.8 Å². The van der Waals surface area contributed by atoms with E-state index in [1.165, 1.54) is 12.1 Å². The van der Waals surface area contributed by atoms with E-state index >= 15 is 0 Å². The van der Waals surface area contributed by atoms with Crippen LogP contribution in [0, 0.1) is 11.6 Å². The number of ether oxygens (including phenoxy) is 1. The van der Waals surface area contributed by atoms with Crippen molar-refractivity contribution in [1.29, 1.82) is 0 Å². The quantitative estimate of drug-likeness (QED) is 0.820. The van der Waals surface area contributed by atoms with Crippen LogP contribution in [0.5, 0.6) is 5.75 Å². The van der Waals surface area contributed by atoms with Gasteiger partial charge in [0.05, 0.1) is 17.5 Å². The number of hydrogen-bond acceptors (Lipinski definition) is 3. The highest BCUT2D eigenvalue weighted by atomic mass is 19.1. The molecule has 2 aromatic carbocycles. The Morgan fingerprint density at radius 1 is 1.19 bits per heavy atom. The molecular formula is C16H18F2N2O. The zero-order valence-corrected chi connectivity index (χ0v) is 12.0. The van der Waals surface area contributed by atoms with E-state index in [4.69, 9.17) is 10.5 Å². The van der Waals surface area contributed by atoms with Crippen molar-refractivity contribution < 1.29 is 13.5 Å². The molecular weight excluding hydrogens is 274 g/mol. The maximum absolute atomic E-state index is 13.6. The molecule has 0 bridgehead atoms. The molecule has 0 unspecified atom stereocenters. The molecule has 0 aliphatic rings. The summed E-state index contributed by atoms with van der Waals surface area (Å²) >= 11 is 0. The third-order valence-electron chi connectivity index (χ3n) is 2.91. The van der Waals surface area contributed by atoms with Crippen LogP contribution in [0.15, 0.2) is 36.4 Å². The number of nitrogens with two attached hydrogens (primary N) is 1. The van der Waals surface area contributed by atoms with Crippen molar-refractivity contribution in [2.24, 2.45) is 0 Å². The smallest absolute Gasteiger partial charge is 0.144 e. The minimum absolute atomic E-state index is 0.0112. The number of halogens is 2. The first kappa shape index (κ1) is 15.1. The van der Waals surface area contributed by atoms with Crippen molar-refractivity contribution in [3.8, 4) is 5.75 Å². The Morgan fingerprint density at radius 2 is 1.95 bits per heavy atom. The average molecular weight is 292 g/mol. The standard InChI is InChI=1S/C16H18F2N2O/c1-10(2)21-15-5-3-4-14(16(15)19)20-9-11-6-7-12(17)8-13(11)18/h3-8,10,20H,9,19H2,1-2H3. The molecule has 21 heavy (non-hydrogen) atoms. The van der Waals surface area contributed by atoms with Crippen LogP contribution in [-0.2, 0) is 6.54 Å². The van der Waals surface area contributed by atoms with E-state index in [-0.39, 0.29) is 12.6 Å². The zero-order chi connectivity index (χ0) is 15.4. The van der Waals surface area contributed by atoms with Crippen LogP contribution in [-0.4, -0.2) is 6.10 Å². The molecule has 0 saturated heterocycles. The van der Waals surface area contributed by atoms with Gasteiger partial charge in [0, 0.05) is 18.2 Å². The van der Waals surface area contributed by atoms with Crippen LogP contribution in [0.3, 0.4) is 0 Å². The molecule has 0 aliphatic heterocycles. The second-order valence-corrected chi connectivity index (χ2v) is 4.97. The van der Waals surface area contributed by atoms with Crippen molar-refractivity contribution in [2.45, 2.75) is 26.5 Å². The van der Waals surface area contributed by atoms with Crippen molar-refractivity contribution in [3.63, 3.8) is 0 Å². The number of rotatable bonds is 5. The Kier molecular flexibility index (Phi) is 4.62. The fourth-order valence-corrected chi connectivity index (χ4v) is 1.91. The Bertz CT molecular complexity index is 630. The monoisotopic (exact) mass is 292 g/mol. The van der Waals surface area contributed by atoms with E-state index in [0.717, 1.165) is 6.07 Å². The third kappa shape index (κ3) is 3.84. The first-order valence-electron chi connectivity index (χ1n) is 6.70. The van der Waals surface area contributed by atoms with Gasteiger partial charge in [-0.1, -0.05) is 12.1 Å². The third-order valence-corrected chi connectivity index (χ3v) is 2.91. The summed E-state index contributed by atoms with van der Waals surface area (Å²) in [5.74, 6) is -0.603. The van der Waals surface area contributed by atoms with Crippen LogP contribution in [0.2, 0.25) is 0 Å². The van der Waals surface area contributed by atoms with Gasteiger partial charge in [0.15, 0.2) is 0 Å². The maximum Gasteiger partial charge on any atom is 0.144 e.